The Morgan fingerprint density at radius 3 is 2.50 bits per heavy atom. The Morgan fingerprint density at radius 2 is 1.85 bits per heavy atom. The van der Waals surface area contributed by atoms with Crippen molar-refractivity contribution in [1.29, 1.82) is 0 Å². The van der Waals surface area contributed by atoms with E-state index in [0.717, 1.165) is 25.2 Å². The lowest BCUT2D eigenvalue weighted by atomic mass is 10.1. The van der Waals surface area contributed by atoms with Crippen molar-refractivity contribution in [3.63, 3.8) is 0 Å². The molecule has 0 aliphatic heterocycles. The van der Waals surface area contributed by atoms with Crippen LogP contribution in [0.15, 0.2) is 22.7 Å². The number of ether oxygens (including phenoxy) is 1. The van der Waals surface area contributed by atoms with E-state index in [0.29, 0.717) is 29.7 Å². The van der Waals surface area contributed by atoms with Crippen LogP contribution in [0.1, 0.15) is 11.1 Å². The lowest BCUT2D eigenvalue weighted by molar-refractivity contribution is -0.137. The first-order chi connectivity index (χ1) is 9.45. The van der Waals surface area contributed by atoms with Gasteiger partial charge in [0.25, 0.3) is 0 Å². The summed E-state index contributed by atoms with van der Waals surface area (Å²) >= 11 is 3.26. The van der Waals surface area contributed by atoms with E-state index in [-0.39, 0.29) is 0 Å². The molecule has 0 aromatic heterocycles. The Bertz CT molecular complexity index is 413. The quantitative estimate of drug-likeness (QED) is 0.704. The van der Waals surface area contributed by atoms with Gasteiger partial charge < -0.3 is 15.4 Å². The molecular weight excluding hydrogens is 337 g/mol. The predicted octanol–water partition coefficient (Wildman–Crippen LogP) is 2.79. The summed E-state index contributed by atoms with van der Waals surface area (Å²) < 4.78 is 43.4. The highest BCUT2D eigenvalue weighted by molar-refractivity contribution is 9.10. The fourth-order valence-electron chi connectivity index (χ4n) is 1.59. The number of alkyl halides is 3. The van der Waals surface area contributed by atoms with E-state index < -0.39 is 11.7 Å². The summed E-state index contributed by atoms with van der Waals surface area (Å²) in [7, 11) is 1.63. The summed E-state index contributed by atoms with van der Waals surface area (Å²) in [6.45, 7) is 3.19. The number of halogens is 4. The van der Waals surface area contributed by atoms with Crippen LogP contribution in [0.4, 0.5) is 13.2 Å². The van der Waals surface area contributed by atoms with Gasteiger partial charge in [-0.05, 0) is 23.8 Å². The molecule has 0 aliphatic carbocycles. The molecule has 3 nitrogen and oxygen atoms in total. The van der Waals surface area contributed by atoms with Gasteiger partial charge in [-0.15, -0.1) is 0 Å². The molecule has 20 heavy (non-hydrogen) atoms. The zero-order valence-electron chi connectivity index (χ0n) is 11.2. The predicted molar refractivity (Wildman–Crippen MR) is 75.6 cm³/mol. The second-order valence-corrected chi connectivity index (χ2v) is 5.08. The zero-order valence-corrected chi connectivity index (χ0v) is 12.8. The maximum Gasteiger partial charge on any atom is 0.416 e. The molecule has 0 bridgehead atoms. The first-order valence-electron chi connectivity index (χ1n) is 6.21. The normalized spacial score (nSPS) is 11.8. The van der Waals surface area contributed by atoms with Crippen molar-refractivity contribution in [2.45, 2.75) is 12.7 Å². The third kappa shape index (κ3) is 6.21. The van der Waals surface area contributed by atoms with Crippen LogP contribution in [0, 0.1) is 0 Å². The highest BCUT2D eigenvalue weighted by Gasteiger charge is 2.30. The van der Waals surface area contributed by atoms with Gasteiger partial charge in [0.15, 0.2) is 0 Å². The summed E-state index contributed by atoms with van der Waals surface area (Å²) in [5, 5.41) is 6.24. The van der Waals surface area contributed by atoms with E-state index in [1.807, 2.05) is 0 Å². The summed E-state index contributed by atoms with van der Waals surface area (Å²) in [5.74, 6) is 0. The van der Waals surface area contributed by atoms with Gasteiger partial charge in [-0.1, -0.05) is 15.9 Å². The highest BCUT2D eigenvalue weighted by atomic mass is 79.9. The van der Waals surface area contributed by atoms with Crippen LogP contribution in [0.5, 0.6) is 0 Å². The van der Waals surface area contributed by atoms with Gasteiger partial charge in [0.1, 0.15) is 0 Å². The maximum absolute atomic E-state index is 12.6. The maximum atomic E-state index is 12.6. The fraction of sp³-hybridized carbons (Fsp3) is 0.538. The minimum Gasteiger partial charge on any atom is -0.383 e. The summed E-state index contributed by atoms with van der Waals surface area (Å²) in [4.78, 5) is 0. The van der Waals surface area contributed by atoms with Crippen molar-refractivity contribution in [2.24, 2.45) is 0 Å². The molecule has 0 saturated carbocycles. The van der Waals surface area contributed by atoms with E-state index >= 15 is 0 Å². The topological polar surface area (TPSA) is 33.3 Å². The molecule has 7 heteroatoms. The number of methoxy groups -OCH3 is 1. The largest absolute Gasteiger partial charge is 0.416 e. The number of nitrogens with one attached hydrogen (secondary N) is 2. The molecule has 0 amide bonds. The van der Waals surface area contributed by atoms with Gasteiger partial charge in [-0.2, -0.15) is 13.2 Å². The third-order valence-electron chi connectivity index (χ3n) is 2.65. The molecule has 0 atom stereocenters. The Balaban J connectivity index is 2.40. The van der Waals surface area contributed by atoms with E-state index in [2.05, 4.69) is 26.6 Å². The molecule has 1 aromatic rings. The van der Waals surface area contributed by atoms with Gasteiger partial charge in [-0.25, -0.2) is 0 Å². The number of rotatable bonds is 8. The summed E-state index contributed by atoms with van der Waals surface area (Å²) in [5.41, 5.74) is -0.0348. The van der Waals surface area contributed by atoms with Crippen LogP contribution in [0.2, 0.25) is 0 Å². The van der Waals surface area contributed by atoms with Crippen molar-refractivity contribution < 1.29 is 17.9 Å². The summed E-state index contributed by atoms with van der Waals surface area (Å²) in [6, 6.07) is 3.66. The SMILES string of the molecule is COCCNCCNCc1cc(C(F)(F)F)ccc1Br. The van der Waals surface area contributed by atoms with Gasteiger partial charge in [0.05, 0.1) is 12.2 Å². The number of benzene rings is 1. The molecule has 2 N–H and O–H groups in total. The molecule has 0 radical (unpaired) electrons. The average molecular weight is 355 g/mol. The van der Waals surface area contributed by atoms with Crippen molar-refractivity contribution in [2.75, 3.05) is 33.4 Å². The Kier molecular flexibility index (Phi) is 7.50. The van der Waals surface area contributed by atoms with Gasteiger partial charge >= 0.3 is 6.18 Å². The van der Waals surface area contributed by atoms with Crippen LogP contribution in [-0.2, 0) is 17.5 Å². The zero-order chi connectivity index (χ0) is 15.0. The molecule has 0 spiro atoms. The first kappa shape index (κ1) is 17.4. The average Bonchev–Trinajstić information content (AvgIpc) is 2.38. The third-order valence-corrected chi connectivity index (χ3v) is 3.42. The molecule has 0 fully saturated rings. The molecule has 0 unspecified atom stereocenters. The second kappa shape index (κ2) is 8.61. The molecule has 1 rings (SSSR count). The number of hydrogen-bond donors (Lipinski definition) is 2. The van der Waals surface area contributed by atoms with E-state index in [4.69, 9.17) is 4.74 Å². The first-order valence-corrected chi connectivity index (χ1v) is 7.00. The lowest BCUT2D eigenvalue weighted by Crippen LogP contribution is -2.29. The molecular formula is C13H18BrF3N2O. The number of hydrogen-bond acceptors (Lipinski definition) is 3. The second-order valence-electron chi connectivity index (χ2n) is 4.22. The molecule has 1 aromatic carbocycles. The van der Waals surface area contributed by atoms with E-state index in [1.165, 1.54) is 6.07 Å². The monoisotopic (exact) mass is 354 g/mol. The minimum atomic E-state index is -4.31. The molecule has 0 saturated heterocycles. The van der Waals surface area contributed by atoms with Crippen molar-refractivity contribution in [3.8, 4) is 0 Å². The van der Waals surface area contributed by atoms with Crippen LogP contribution >= 0.6 is 15.9 Å². The van der Waals surface area contributed by atoms with E-state index in [1.54, 1.807) is 7.11 Å². The lowest BCUT2D eigenvalue weighted by Gasteiger charge is -2.11. The summed E-state index contributed by atoms with van der Waals surface area (Å²) in [6.07, 6.45) is -4.31. The fourth-order valence-corrected chi connectivity index (χ4v) is 1.97. The van der Waals surface area contributed by atoms with Gasteiger partial charge in [0, 0.05) is 37.8 Å². The molecule has 0 heterocycles. The molecule has 114 valence electrons. The van der Waals surface area contributed by atoms with Crippen molar-refractivity contribution in [1.82, 2.24) is 10.6 Å². The van der Waals surface area contributed by atoms with Gasteiger partial charge in [-0.3, -0.25) is 0 Å². The van der Waals surface area contributed by atoms with Crippen LogP contribution in [0.3, 0.4) is 0 Å². The Morgan fingerprint density at radius 1 is 1.15 bits per heavy atom. The van der Waals surface area contributed by atoms with Crippen LogP contribution < -0.4 is 10.6 Å². The smallest absolute Gasteiger partial charge is 0.383 e. The highest BCUT2D eigenvalue weighted by Crippen LogP contribution is 2.31. The minimum absolute atomic E-state index is 0.385. The Labute approximate surface area is 125 Å². The standard InChI is InChI=1S/C13H18BrF3N2O/c1-20-7-6-18-4-5-19-9-10-8-11(13(15,16)17)2-3-12(10)14/h2-3,8,18-19H,4-7,9H2,1H3. The van der Waals surface area contributed by atoms with Crippen LogP contribution in [0.25, 0.3) is 0 Å². The van der Waals surface area contributed by atoms with Crippen molar-refractivity contribution >= 4 is 15.9 Å². The van der Waals surface area contributed by atoms with Crippen LogP contribution in [-0.4, -0.2) is 33.4 Å². The molecule has 0 aliphatic rings. The van der Waals surface area contributed by atoms with Gasteiger partial charge in [0.2, 0.25) is 0 Å². The van der Waals surface area contributed by atoms with Crippen molar-refractivity contribution in [3.05, 3.63) is 33.8 Å². The van der Waals surface area contributed by atoms with E-state index in [9.17, 15) is 13.2 Å². The Hall–Kier alpha value is -0.630.